The largest absolute Gasteiger partial charge is 0.378 e. The third-order valence-electron chi connectivity index (χ3n) is 4.04. The molecular formula is C15H22N2O. The van der Waals surface area contributed by atoms with Crippen molar-refractivity contribution in [3.8, 4) is 0 Å². The summed E-state index contributed by atoms with van der Waals surface area (Å²) < 4.78 is 5.68. The molecule has 0 amide bonds. The van der Waals surface area contributed by atoms with Gasteiger partial charge in [0.25, 0.3) is 0 Å². The number of fused-ring (bicyclic) bond motifs is 1. The maximum Gasteiger partial charge on any atom is 0.0566 e. The zero-order valence-electron chi connectivity index (χ0n) is 11.1. The Hall–Kier alpha value is -1.06. The predicted octanol–water partition coefficient (Wildman–Crippen LogP) is 2.16. The highest BCUT2D eigenvalue weighted by molar-refractivity contribution is 5.55. The van der Waals surface area contributed by atoms with Crippen LogP contribution in [0.2, 0.25) is 0 Å². The summed E-state index contributed by atoms with van der Waals surface area (Å²) in [5.41, 5.74) is 2.84. The lowest BCUT2D eigenvalue weighted by molar-refractivity contribution is 0.0185. The van der Waals surface area contributed by atoms with Crippen LogP contribution in [0.25, 0.3) is 0 Å². The zero-order chi connectivity index (χ0) is 12.4. The highest BCUT2D eigenvalue weighted by atomic mass is 16.5. The predicted molar refractivity (Wildman–Crippen MR) is 73.9 cm³/mol. The van der Waals surface area contributed by atoms with Gasteiger partial charge in [-0.3, -0.25) is 0 Å². The molecule has 98 valence electrons. The number of hydrogen-bond donors (Lipinski definition) is 1. The lowest BCUT2D eigenvalue weighted by atomic mass is 10.0. The average Bonchev–Trinajstić information content (AvgIpc) is 2.61. The fraction of sp³-hybridized carbons (Fsp3) is 0.600. The Balaban J connectivity index is 1.86. The van der Waals surface area contributed by atoms with Crippen molar-refractivity contribution in [2.45, 2.75) is 38.5 Å². The first-order valence-corrected chi connectivity index (χ1v) is 7.01. The number of nitrogens with zero attached hydrogens (tertiary/aromatic N) is 1. The Morgan fingerprint density at radius 2 is 2.22 bits per heavy atom. The summed E-state index contributed by atoms with van der Waals surface area (Å²) in [6.45, 7) is 6.26. The molecule has 1 aromatic carbocycles. The van der Waals surface area contributed by atoms with Gasteiger partial charge >= 0.3 is 0 Å². The van der Waals surface area contributed by atoms with Gasteiger partial charge in [0.05, 0.1) is 6.10 Å². The highest BCUT2D eigenvalue weighted by Gasteiger charge is 2.27. The van der Waals surface area contributed by atoms with E-state index in [4.69, 9.17) is 4.74 Å². The quantitative estimate of drug-likeness (QED) is 0.822. The average molecular weight is 246 g/mol. The third-order valence-corrected chi connectivity index (χ3v) is 4.04. The normalized spacial score (nSPS) is 28.6. The summed E-state index contributed by atoms with van der Waals surface area (Å²) >= 11 is 0. The fourth-order valence-electron chi connectivity index (χ4n) is 3.12. The molecule has 0 aliphatic carbocycles. The standard InChI is InChI=1S/C15H22N2O/c1-12-10-14(6-9-18-12)17-8-7-16-11-13-4-2-3-5-15(13)17/h2-5,12,14,16H,6-11H2,1H3. The van der Waals surface area contributed by atoms with Gasteiger partial charge in [-0.25, -0.2) is 0 Å². The number of ether oxygens (including phenoxy) is 1. The lowest BCUT2D eigenvalue weighted by Crippen LogP contribution is -2.43. The molecule has 2 heterocycles. The number of nitrogens with one attached hydrogen (secondary N) is 1. The second kappa shape index (κ2) is 5.29. The van der Waals surface area contributed by atoms with Crippen LogP contribution in [-0.4, -0.2) is 31.8 Å². The first kappa shape index (κ1) is 12.0. The van der Waals surface area contributed by atoms with Crippen LogP contribution in [0.1, 0.15) is 25.3 Å². The van der Waals surface area contributed by atoms with E-state index in [2.05, 4.69) is 41.4 Å². The van der Waals surface area contributed by atoms with Gasteiger partial charge in [0, 0.05) is 38.0 Å². The minimum atomic E-state index is 0.395. The van der Waals surface area contributed by atoms with Crippen LogP contribution in [0.4, 0.5) is 5.69 Å². The molecule has 0 aromatic heterocycles. The summed E-state index contributed by atoms with van der Waals surface area (Å²) in [5, 5.41) is 3.51. The molecule has 1 aromatic rings. The van der Waals surface area contributed by atoms with Crippen LogP contribution in [0.3, 0.4) is 0 Å². The fourth-order valence-corrected chi connectivity index (χ4v) is 3.12. The maximum atomic E-state index is 5.68. The van der Waals surface area contributed by atoms with E-state index < -0.39 is 0 Å². The van der Waals surface area contributed by atoms with Gasteiger partial charge in [-0.05, 0) is 31.4 Å². The molecule has 2 atom stereocenters. The molecule has 0 bridgehead atoms. The monoisotopic (exact) mass is 246 g/mol. The number of benzene rings is 1. The van der Waals surface area contributed by atoms with Crippen molar-refractivity contribution in [3.63, 3.8) is 0 Å². The SMILES string of the molecule is CC1CC(N2CCNCc3ccccc32)CCO1. The van der Waals surface area contributed by atoms with Crippen LogP contribution in [0, 0.1) is 0 Å². The molecule has 2 aliphatic rings. The number of anilines is 1. The van der Waals surface area contributed by atoms with Crippen LogP contribution >= 0.6 is 0 Å². The van der Waals surface area contributed by atoms with Gasteiger partial charge in [0.15, 0.2) is 0 Å². The Labute approximate surface area is 109 Å². The Morgan fingerprint density at radius 1 is 1.33 bits per heavy atom. The highest BCUT2D eigenvalue weighted by Crippen LogP contribution is 2.28. The zero-order valence-corrected chi connectivity index (χ0v) is 11.1. The van der Waals surface area contributed by atoms with Crippen molar-refractivity contribution in [1.29, 1.82) is 0 Å². The van der Waals surface area contributed by atoms with E-state index in [1.165, 1.54) is 11.3 Å². The van der Waals surface area contributed by atoms with Crippen LogP contribution in [0.5, 0.6) is 0 Å². The lowest BCUT2D eigenvalue weighted by Gasteiger charge is -2.38. The molecule has 2 unspecified atom stereocenters. The smallest absolute Gasteiger partial charge is 0.0566 e. The number of rotatable bonds is 1. The maximum absolute atomic E-state index is 5.68. The van der Waals surface area contributed by atoms with Crippen LogP contribution in [0.15, 0.2) is 24.3 Å². The van der Waals surface area contributed by atoms with Gasteiger partial charge < -0.3 is 15.0 Å². The summed E-state index contributed by atoms with van der Waals surface area (Å²) in [4.78, 5) is 2.59. The van der Waals surface area contributed by atoms with E-state index in [1.807, 2.05) is 0 Å². The summed E-state index contributed by atoms with van der Waals surface area (Å²) in [6.07, 6.45) is 2.69. The van der Waals surface area contributed by atoms with E-state index in [9.17, 15) is 0 Å². The van der Waals surface area contributed by atoms with Crippen molar-refractivity contribution in [3.05, 3.63) is 29.8 Å². The summed E-state index contributed by atoms with van der Waals surface area (Å²) in [6, 6.07) is 9.43. The van der Waals surface area contributed by atoms with Gasteiger partial charge in [-0.1, -0.05) is 18.2 Å². The summed E-state index contributed by atoms with van der Waals surface area (Å²) in [5.74, 6) is 0. The molecule has 3 nitrogen and oxygen atoms in total. The van der Waals surface area contributed by atoms with E-state index in [0.717, 1.165) is 39.1 Å². The first-order valence-electron chi connectivity index (χ1n) is 7.01. The van der Waals surface area contributed by atoms with Crippen molar-refractivity contribution >= 4 is 5.69 Å². The molecule has 18 heavy (non-hydrogen) atoms. The minimum Gasteiger partial charge on any atom is -0.378 e. The van der Waals surface area contributed by atoms with Gasteiger partial charge in [0.1, 0.15) is 0 Å². The number of hydrogen-bond acceptors (Lipinski definition) is 3. The Bertz CT molecular complexity index is 407. The van der Waals surface area contributed by atoms with Crippen molar-refractivity contribution in [2.75, 3.05) is 24.6 Å². The molecule has 0 radical (unpaired) electrons. The van der Waals surface area contributed by atoms with E-state index in [1.54, 1.807) is 0 Å². The second-order valence-electron chi connectivity index (χ2n) is 5.36. The van der Waals surface area contributed by atoms with Crippen LogP contribution < -0.4 is 10.2 Å². The van der Waals surface area contributed by atoms with Crippen molar-refractivity contribution < 1.29 is 4.74 Å². The molecule has 1 saturated heterocycles. The van der Waals surface area contributed by atoms with E-state index in [0.29, 0.717) is 12.1 Å². The van der Waals surface area contributed by atoms with E-state index in [-0.39, 0.29) is 0 Å². The topological polar surface area (TPSA) is 24.5 Å². The van der Waals surface area contributed by atoms with Crippen molar-refractivity contribution in [1.82, 2.24) is 5.32 Å². The molecular weight excluding hydrogens is 224 g/mol. The third kappa shape index (κ3) is 2.38. The molecule has 2 aliphatic heterocycles. The molecule has 3 heteroatoms. The van der Waals surface area contributed by atoms with Gasteiger partial charge in [-0.2, -0.15) is 0 Å². The summed E-state index contributed by atoms with van der Waals surface area (Å²) in [7, 11) is 0. The number of para-hydroxylation sites is 1. The second-order valence-corrected chi connectivity index (χ2v) is 5.36. The Kier molecular flexibility index (Phi) is 3.52. The molecule has 1 fully saturated rings. The molecule has 1 N–H and O–H groups in total. The molecule has 3 rings (SSSR count). The molecule has 0 spiro atoms. The van der Waals surface area contributed by atoms with E-state index >= 15 is 0 Å². The first-order chi connectivity index (χ1) is 8.84. The van der Waals surface area contributed by atoms with Crippen LogP contribution in [-0.2, 0) is 11.3 Å². The molecule has 0 saturated carbocycles. The van der Waals surface area contributed by atoms with Gasteiger partial charge in [-0.15, -0.1) is 0 Å². The van der Waals surface area contributed by atoms with Crippen molar-refractivity contribution in [2.24, 2.45) is 0 Å². The van der Waals surface area contributed by atoms with Gasteiger partial charge in [0.2, 0.25) is 0 Å². The minimum absolute atomic E-state index is 0.395. The Morgan fingerprint density at radius 3 is 3.11 bits per heavy atom.